The van der Waals surface area contributed by atoms with Gasteiger partial charge in [-0.1, -0.05) is 35.9 Å². The molecule has 1 saturated heterocycles. The SMILES string of the molecule is O=C1CN(c2ccc(CNC(=O)c3ccccc3NS(=O)(=O)c3ccc(Cl)cc3)cc2)CCN1. The normalized spacial score (nSPS) is 13.8. The lowest BCUT2D eigenvalue weighted by molar-refractivity contribution is -0.120. The fourth-order valence-electron chi connectivity index (χ4n) is 3.55. The lowest BCUT2D eigenvalue weighted by Gasteiger charge is -2.28. The number of para-hydroxylation sites is 1. The molecule has 2 amide bonds. The molecular formula is C24H23ClN4O4S. The fraction of sp³-hybridized carbons (Fsp3) is 0.167. The second kappa shape index (κ2) is 10.1. The summed E-state index contributed by atoms with van der Waals surface area (Å²) >= 11 is 5.84. The topological polar surface area (TPSA) is 108 Å². The Labute approximate surface area is 203 Å². The van der Waals surface area contributed by atoms with Crippen molar-refractivity contribution in [1.82, 2.24) is 10.6 Å². The van der Waals surface area contributed by atoms with Crippen LogP contribution in [0.2, 0.25) is 5.02 Å². The van der Waals surface area contributed by atoms with E-state index in [1.807, 2.05) is 29.2 Å². The summed E-state index contributed by atoms with van der Waals surface area (Å²) in [6.07, 6.45) is 0. The van der Waals surface area contributed by atoms with Gasteiger partial charge in [-0.2, -0.15) is 0 Å². The summed E-state index contributed by atoms with van der Waals surface area (Å²) in [5.74, 6) is -0.417. The number of rotatable bonds is 7. The third kappa shape index (κ3) is 5.67. The molecule has 1 heterocycles. The van der Waals surface area contributed by atoms with Crippen molar-refractivity contribution in [2.24, 2.45) is 0 Å². The number of anilines is 2. The average molecular weight is 499 g/mol. The van der Waals surface area contributed by atoms with Gasteiger partial charge in [0.25, 0.3) is 15.9 Å². The zero-order chi connectivity index (χ0) is 24.1. The molecule has 0 bridgehead atoms. The first-order valence-corrected chi connectivity index (χ1v) is 12.4. The third-order valence-electron chi connectivity index (χ3n) is 5.33. The Hall–Kier alpha value is -3.56. The maximum absolute atomic E-state index is 12.8. The molecule has 0 radical (unpaired) electrons. The van der Waals surface area contributed by atoms with E-state index in [0.717, 1.165) is 17.8 Å². The Kier molecular flexibility index (Phi) is 7.04. The Morgan fingerprint density at radius 3 is 2.41 bits per heavy atom. The summed E-state index contributed by atoms with van der Waals surface area (Å²) in [7, 11) is -3.89. The van der Waals surface area contributed by atoms with Crippen molar-refractivity contribution in [2.45, 2.75) is 11.4 Å². The van der Waals surface area contributed by atoms with Crippen LogP contribution >= 0.6 is 11.6 Å². The molecule has 0 saturated carbocycles. The van der Waals surface area contributed by atoms with Crippen molar-refractivity contribution in [1.29, 1.82) is 0 Å². The number of carbonyl (C=O) groups excluding carboxylic acids is 2. The van der Waals surface area contributed by atoms with E-state index in [1.165, 1.54) is 30.3 Å². The van der Waals surface area contributed by atoms with Crippen LogP contribution in [-0.4, -0.2) is 39.9 Å². The molecule has 34 heavy (non-hydrogen) atoms. The summed E-state index contributed by atoms with van der Waals surface area (Å²) in [5, 5.41) is 6.05. The van der Waals surface area contributed by atoms with Crippen LogP contribution in [0.5, 0.6) is 0 Å². The number of benzene rings is 3. The largest absolute Gasteiger partial charge is 0.360 e. The molecule has 0 aromatic heterocycles. The summed E-state index contributed by atoms with van der Waals surface area (Å²) in [5.41, 5.74) is 2.19. The minimum absolute atomic E-state index is 0.00654. The summed E-state index contributed by atoms with van der Waals surface area (Å²) in [4.78, 5) is 26.5. The molecule has 0 unspecified atom stereocenters. The Bertz CT molecular complexity index is 1300. The number of nitrogens with zero attached hydrogens (tertiary/aromatic N) is 1. The molecule has 1 fully saturated rings. The van der Waals surface area contributed by atoms with Gasteiger partial charge in [-0.05, 0) is 54.1 Å². The Morgan fingerprint density at radius 1 is 1.00 bits per heavy atom. The van der Waals surface area contributed by atoms with Crippen LogP contribution in [0.1, 0.15) is 15.9 Å². The molecule has 10 heteroatoms. The zero-order valence-electron chi connectivity index (χ0n) is 18.1. The summed E-state index contributed by atoms with van der Waals surface area (Å²) in [6.45, 7) is 1.93. The Morgan fingerprint density at radius 2 is 1.71 bits per heavy atom. The molecule has 1 aliphatic rings. The van der Waals surface area contributed by atoms with Crippen LogP contribution in [0.15, 0.2) is 77.7 Å². The van der Waals surface area contributed by atoms with Crippen molar-refractivity contribution < 1.29 is 18.0 Å². The van der Waals surface area contributed by atoms with Crippen molar-refractivity contribution >= 4 is 44.8 Å². The molecule has 4 rings (SSSR count). The van der Waals surface area contributed by atoms with Crippen LogP contribution in [0.4, 0.5) is 11.4 Å². The lowest BCUT2D eigenvalue weighted by atomic mass is 10.1. The van der Waals surface area contributed by atoms with E-state index in [1.54, 1.807) is 18.2 Å². The molecule has 176 valence electrons. The number of hydrogen-bond donors (Lipinski definition) is 3. The van der Waals surface area contributed by atoms with Gasteiger partial charge in [-0.3, -0.25) is 14.3 Å². The van der Waals surface area contributed by atoms with Crippen LogP contribution in [0.3, 0.4) is 0 Å². The second-order valence-electron chi connectivity index (χ2n) is 7.73. The van der Waals surface area contributed by atoms with Crippen molar-refractivity contribution in [3.05, 3.63) is 88.9 Å². The predicted molar refractivity (Wildman–Crippen MR) is 132 cm³/mol. The highest BCUT2D eigenvalue weighted by atomic mass is 35.5. The summed E-state index contributed by atoms with van der Waals surface area (Å²) < 4.78 is 27.9. The Balaban J connectivity index is 1.42. The van der Waals surface area contributed by atoms with E-state index in [-0.39, 0.29) is 28.6 Å². The number of halogens is 1. The number of sulfonamides is 1. The van der Waals surface area contributed by atoms with E-state index in [0.29, 0.717) is 18.1 Å². The van der Waals surface area contributed by atoms with Gasteiger partial charge in [-0.15, -0.1) is 0 Å². The van der Waals surface area contributed by atoms with E-state index in [4.69, 9.17) is 11.6 Å². The predicted octanol–water partition coefficient (Wildman–Crippen LogP) is 3.01. The van der Waals surface area contributed by atoms with Gasteiger partial charge >= 0.3 is 0 Å². The van der Waals surface area contributed by atoms with Crippen molar-refractivity contribution in [3.63, 3.8) is 0 Å². The third-order valence-corrected chi connectivity index (χ3v) is 6.97. The molecule has 0 atom stereocenters. The van der Waals surface area contributed by atoms with E-state index in [9.17, 15) is 18.0 Å². The number of carbonyl (C=O) groups is 2. The number of piperazine rings is 1. The van der Waals surface area contributed by atoms with Gasteiger partial charge < -0.3 is 15.5 Å². The van der Waals surface area contributed by atoms with Crippen molar-refractivity contribution in [2.75, 3.05) is 29.3 Å². The minimum atomic E-state index is -3.89. The first kappa shape index (κ1) is 23.6. The molecule has 1 aliphatic heterocycles. The second-order valence-corrected chi connectivity index (χ2v) is 9.84. The van der Waals surface area contributed by atoms with Gasteiger partial charge in [0.2, 0.25) is 5.91 Å². The monoisotopic (exact) mass is 498 g/mol. The highest BCUT2D eigenvalue weighted by Gasteiger charge is 2.19. The fourth-order valence-corrected chi connectivity index (χ4v) is 4.75. The zero-order valence-corrected chi connectivity index (χ0v) is 19.7. The lowest BCUT2D eigenvalue weighted by Crippen LogP contribution is -2.47. The standard InChI is InChI=1S/C24H23ClN4O4S/c25-18-7-11-20(12-8-18)34(32,33)28-22-4-2-1-3-21(22)24(31)27-15-17-5-9-19(10-6-17)29-14-13-26-23(30)16-29/h1-12,28H,13-16H2,(H,26,30)(H,27,31). The van der Waals surface area contributed by atoms with Gasteiger partial charge in [0.15, 0.2) is 0 Å². The van der Waals surface area contributed by atoms with Gasteiger partial charge in [-0.25, -0.2) is 8.42 Å². The number of hydrogen-bond acceptors (Lipinski definition) is 5. The maximum atomic E-state index is 12.8. The molecule has 3 N–H and O–H groups in total. The molecular weight excluding hydrogens is 476 g/mol. The first-order chi connectivity index (χ1) is 16.3. The quantitative estimate of drug-likeness (QED) is 0.464. The van der Waals surface area contributed by atoms with E-state index < -0.39 is 15.9 Å². The van der Waals surface area contributed by atoms with Crippen molar-refractivity contribution in [3.8, 4) is 0 Å². The van der Waals surface area contributed by atoms with Crippen LogP contribution < -0.4 is 20.3 Å². The van der Waals surface area contributed by atoms with Crippen LogP contribution in [0.25, 0.3) is 0 Å². The molecule has 0 aliphatic carbocycles. The molecule has 0 spiro atoms. The van der Waals surface area contributed by atoms with Crippen LogP contribution in [0, 0.1) is 0 Å². The molecule has 8 nitrogen and oxygen atoms in total. The maximum Gasteiger partial charge on any atom is 0.261 e. The highest BCUT2D eigenvalue weighted by Crippen LogP contribution is 2.22. The number of amides is 2. The summed E-state index contributed by atoms with van der Waals surface area (Å²) in [6, 6.07) is 19.8. The first-order valence-electron chi connectivity index (χ1n) is 10.6. The van der Waals surface area contributed by atoms with Gasteiger partial charge in [0.1, 0.15) is 0 Å². The minimum Gasteiger partial charge on any atom is -0.360 e. The van der Waals surface area contributed by atoms with Crippen LogP contribution in [-0.2, 0) is 21.4 Å². The molecule has 3 aromatic carbocycles. The smallest absolute Gasteiger partial charge is 0.261 e. The van der Waals surface area contributed by atoms with Gasteiger partial charge in [0.05, 0.1) is 22.7 Å². The van der Waals surface area contributed by atoms with Gasteiger partial charge in [0, 0.05) is 30.3 Å². The highest BCUT2D eigenvalue weighted by molar-refractivity contribution is 7.92. The van der Waals surface area contributed by atoms with E-state index >= 15 is 0 Å². The van der Waals surface area contributed by atoms with E-state index in [2.05, 4.69) is 15.4 Å². The molecule has 3 aromatic rings. The average Bonchev–Trinajstić information content (AvgIpc) is 2.83. The number of nitrogens with one attached hydrogen (secondary N) is 3.